The fourth-order valence-corrected chi connectivity index (χ4v) is 2.53. The van der Waals surface area contributed by atoms with Crippen molar-refractivity contribution >= 4 is 17.6 Å². The number of hydrogen-bond acceptors (Lipinski definition) is 3. The average molecular weight is 293 g/mol. The SMILES string of the molecule is C[C@@H](OC(=O)CC1CCCC1)C(=O)Nc1ccc(F)cc1. The van der Waals surface area contributed by atoms with Gasteiger partial charge in [-0.15, -0.1) is 0 Å². The molecule has 1 N–H and O–H groups in total. The molecule has 0 heterocycles. The first-order valence-electron chi connectivity index (χ1n) is 7.30. The third-order valence-electron chi connectivity index (χ3n) is 3.72. The molecule has 1 aromatic carbocycles. The summed E-state index contributed by atoms with van der Waals surface area (Å²) in [6, 6.07) is 5.43. The summed E-state index contributed by atoms with van der Waals surface area (Å²) in [5.74, 6) is -0.723. The van der Waals surface area contributed by atoms with Gasteiger partial charge in [-0.1, -0.05) is 12.8 Å². The van der Waals surface area contributed by atoms with Crippen molar-refractivity contribution in [2.24, 2.45) is 5.92 Å². The zero-order valence-electron chi connectivity index (χ0n) is 12.1. The Bertz CT molecular complexity index is 495. The van der Waals surface area contributed by atoms with Crippen LogP contribution in [0.25, 0.3) is 0 Å². The second-order valence-corrected chi connectivity index (χ2v) is 5.48. The second-order valence-electron chi connectivity index (χ2n) is 5.48. The summed E-state index contributed by atoms with van der Waals surface area (Å²) >= 11 is 0. The summed E-state index contributed by atoms with van der Waals surface area (Å²) in [7, 11) is 0. The van der Waals surface area contributed by atoms with Crippen LogP contribution in [0, 0.1) is 11.7 Å². The van der Waals surface area contributed by atoms with Crippen molar-refractivity contribution in [2.45, 2.75) is 45.1 Å². The highest BCUT2D eigenvalue weighted by molar-refractivity contribution is 5.95. The number of amides is 1. The maximum Gasteiger partial charge on any atom is 0.306 e. The number of hydrogen-bond donors (Lipinski definition) is 1. The number of esters is 1. The van der Waals surface area contributed by atoms with Gasteiger partial charge < -0.3 is 10.1 Å². The molecule has 0 aliphatic heterocycles. The summed E-state index contributed by atoms with van der Waals surface area (Å²) in [6.45, 7) is 1.53. The molecule has 0 saturated heterocycles. The zero-order chi connectivity index (χ0) is 15.2. The lowest BCUT2D eigenvalue weighted by Crippen LogP contribution is -2.30. The standard InChI is InChI=1S/C16H20FNO3/c1-11(21-15(19)10-12-4-2-3-5-12)16(20)18-14-8-6-13(17)7-9-14/h6-9,11-12H,2-5,10H2,1H3,(H,18,20)/t11-/m1/s1. The van der Waals surface area contributed by atoms with E-state index in [0.717, 1.165) is 12.8 Å². The highest BCUT2D eigenvalue weighted by atomic mass is 19.1. The van der Waals surface area contributed by atoms with E-state index in [2.05, 4.69) is 5.32 Å². The molecule has 5 heteroatoms. The molecule has 2 rings (SSSR count). The Balaban J connectivity index is 1.78. The molecular weight excluding hydrogens is 273 g/mol. The highest BCUT2D eigenvalue weighted by Gasteiger charge is 2.23. The van der Waals surface area contributed by atoms with E-state index in [0.29, 0.717) is 18.0 Å². The molecule has 1 amide bonds. The van der Waals surface area contributed by atoms with Gasteiger partial charge >= 0.3 is 5.97 Å². The van der Waals surface area contributed by atoms with Crippen LogP contribution in [0.15, 0.2) is 24.3 Å². The Hall–Kier alpha value is -1.91. The van der Waals surface area contributed by atoms with E-state index in [1.54, 1.807) is 0 Å². The smallest absolute Gasteiger partial charge is 0.306 e. The van der Waals surface area contributed by atoms with Crippen LogP contribution in [0.4, 0.5) is 10.1 Å². The van der Waals surface area contributed by atoms with Crippen LogP contribution in [0.1, 0.15) is 39.0 Å². The van der Waals surface area contributed by atoms with E-state index in [1.165, 1.54) is 44.0 Å². The van der Waals surface area contributed by atoms with Crippen molar-refractivity contribution in [3.8, 4) is 0 Å². The average Bonchev–Trinajstić information content (AvgIpc) is 2.94. The molecule has 0 radical (unpaired) electrons. The van der Waals surface area contributed by atoms with Crippen LogP contribution in [0.5, 0.6) is 0 Å². The third kappa shape index (κ3) is 4.85. The van der Waals surface area contributed by atoms with E-state index in [4.69, 9.17) is 4.74 Å². The molecule has 1 fully saturated rings. The van der Waals surface area contributed by atoms with Crippen LogP contribution in [-0.2, 0) is 14.3 Å². The van der Waals surface area contributed by atoms with Gasteiger partial charge in [0.25, 0.3) is 5.91 Å². The minimum atomic E-state index is -0.857. The molecule has 4 nitrogen and oxygen atoms in total. The van der Waals surface area contributed by atoms with Gasteiger partial charge in [-0.3, -0.25) is 9.59 Å². The molecule has 1 aliphatic rings. The Labute approximate surface area is 123 Å². The molecule has 1 atom stereocenters. The summed E-state index contributed by atoms with van der Waals surface area (Å²) in [5.41, 5.74) is 0.472. The quantitative estimate of drug-likeness (QED) is 0.848. The van der Waals surface area contributed by atoms with Gasteiger partial charge in [0, 0.05) is 12.1 Å². The predicted octanol–water partition coefficient (Wildman–Crippen LogP) is 3.28. The molecule has 0 spiro atoms. The van der Waals surface area contributed by atoms with Gasteiger partial charge in [-0.2, -0.15) is 0 Å². The summed E-state index contributed by atoms with van der Waals surface area (Å²) < 4.78 is 17.9. The Morgan fingerprint density at radius 1 is 1.29 bits per heavy atom. The number of halogens is 1. The van der Waals surface area contributed by atoms with E-state index in [9.17, 15) is 14.0 Å². The largest absolute Gasteiger partial charge is 0.453 e. The maximum absolute atomic E-state index is 12.8. The van der Waals surface area contributed by atoms with Crippen LogP contribution in [-0.4, -0.2) is 18.0 Å². The van der Waals surface area contributed by atoms with Gasteiger partial charge in [0.05, 0.1) is 0 Å². The van der Waals surface area contributed by atoms with Gasteiger partial charge in [0.1, 0.15) is 5.82 Å². The number of rotatable bonds is 5. The van der Waals surface area contributed by atoms with Crippen LogP contribution < -0.4 is 5.32 Å². The normalized spacial score (nSPS) is 16.5. The van der Waals surface area contributed by atoms with Gasteiger partial charge in [-0.05, 0) is 49.9 Å². The molecule has 1 aromatic rings. The molecule has 1 saturated carbocycles. The lowest BCUT2D eigenvalue weighted by molar-refractivity contribution is -0.154. The first-order valence-corrected chi connectivity index (χ1v) is 7.30. The van der Waals surface area contributed by atoms with Gasteiger partial charge in [-0.25, -0.2) is 4.39 Å². The zero-order valence-corrected chi connectivity index (χ0v) is 12.1. The monoisotopic (exact) mass is 293 g/mol. The number of carbonyl (C=O) groups excluding carboxylic acids is 2. The van der Waals surface area contributed by atoms with E-state index in [1.807, 2.05) is 0 Å². The minimum Gasteiger partial charge on any atom is -0.453 e. The Morgan fingerprint density at radius 3 is 2.52 bits per heavy atom. The number of ether oxygens (including phenoxy) is 1. The van der Waals surface area contributed by atoms with Crippen molar-refractivity contribution in [1.82, 2.24) is 0 Å². The fraction of sp³-hybridized carbons (Fsp3) is 0.500. The molecule has 0 aromatic heterocycles. The third-order valence-corrected chi connectivity index (χ3v) is 3.72. The summed E-state index contributed by atoms with van der Waals surface area (Å²) in [4.78, 5) is 23.6. The van der Waals surface area contributed by atoms with Crippen molar-refractivity contribution < 1.29 is 18.7 Å². The number of anilines is 1. The Kier molecular flexibility index (Phi) is 5.31. The molecular formula is C16H20FNO3. The lowest BCUT2D eigenvalue weighted by atomic mass is 10.0. The van der Waals surface area contributed by atoms with Crippen LogP contribution >= 0.6 is 0 Å². The van der Waals surface area contributed by atoms with E-state index >= 15 is 0 Å². The van der Waals surface area contributed by atoms with Gasteiger partial charge in [0.15, 0.2) is 6.10 Å². The topological polar surface area (TPSA) is 55.4 Å². The Morgan fingerprint density at radius 2 is 1.90 bits per heavy atom. The molecule has 1 aliphatic carbocycles. The number of benzene rings is 1. The minimum absolute atomic E-state index is 0.330. The maximum atomic E-state index is 12.8. The van der Waals surface area contributed by atoms with Crippen molar-refractivity contribution in [2.75, 3.05) is 5.32 Å². The first kappa shape index (κ1) is 15.5. The molecule has 0 unspecified atom stereocenters. The van der Waals surface area contributed by atoms with Gasteiger partial charge in [0.2, 0.25) is 0 Å². The van der Waals surface area contributed by atoms with Crippen LogP contribution in [0.2, 0.25) is 0 Å². The lowest BCUT2D eigenvalue weighted by Gasteiger charge is -2.15. The van der Waals surface area contributed by atoms with Crippen molar-refractivity contribution in [3.63, 3.8) is 0 Å². The second kappa shape index (κ2) is 7.20. The summed E-state index contributed by atoms with van der Waals surface area (Å²) in [5, 5.41) is 2.59. The highest BCUT2D eigenvalue weighted by Crippen LogP contribution is 2.27. The van der Waals surface area contributed by atoms with E-state index < -0.39 is 12.0 Å². The number of nitrogens with one attached hydrogen (secondary N) is 1. The molecule has 114 valence electrons. The van der Waals surface area contributed by atoms with E-state index in [-0.39, 0.29) is 11.8 Å². The predicted molar refractivity (Wildman–Crippen MR) is 77.2 cm³/mol. The number of carbonyl (C=O) groups is 2. The molecule has 21 heavy (non-hydrogen) atoms. The fourth-order valence-electron chi connectivity index (χ4n) is 2.53. The summed E-state index contributed by atoms with van der Waals surface area (Å²) in [6.07, 6.45) is 3.98. The van der Waals surface area contributed by atoms with Crippen LogP contribution in [0.3, 0.4) is 0 Å². The van der Waals surface area contributed by atoms with Crippen molar-refractivity contribution in [1.29, 1.82) is 0 Å². The first-order chi connectivity index (χ1) is 10.0. The van der Waals surface area contributed by atoms with Crippen molar-refractivity contribution in [3.05, 3.63) is 30.1 Å². The molecule has 0 bridgehead atoms.